The van der Waals surface area contributed by atoms with Gasteiger partial charge in [0.05, 0.1) is 0 Å². The first-order valence-electron chi connectivity index (χ1n) is 5.28. The average molecular weight is 208 g/mol. The Hall–Kier alpha value is -1.18. The molecule has 0 saturated heterocycles. The van der Waals surface area contributed by atoms with Crippen LogP contribution in [0.15, 0.2) is 30.4 Å². The second kappa shape index (κ2) is 4.13. The predicted molar refractivity (Wildman–Crippen MR) is 56.7 cm³/mol. The summed E-state index contributed by atoms with van der Waals surface area (Å²) in [4.78, 5) is 0. The lowest BCUT2D eigenvalue weighted by molar-refractivity contribution is 0.484. The molecule has 1 aromatic rings. The van der Waals surface area contributed by atoms with E-state index < -0.39 is 0 Å². The van der Waals surface area contributed by atoms with Gasteiger partial charge in [0.2, 0.25) is 0 Å². The van der Waals surface area contributed by atoms with Gasteiger partial charge in [0.1, 0.15) is 11.6 Å². The molecule has 0 atom stereocenters. The van der Waals surface area contributed by atoms with Gasteiger partial charge in [-0.1, -0.05) is 12.2 Å². The minimum atomic E-state index is -0.351. The lowest BCUT2D eigenvalue weighted by atomic mass is 9.82. The molecule has 1 saturated carbocycles. The first-order chi connectivity index (χ1) is 7.16. The van der Waals surface area contributed by atoms with Crippen molar-refractivity contribution in [2.45, 2.75) is 31.6 Å². The molecule has 0 spiro atoms. The lowest BCUT2D eigenvalue weighted by Gasteiger charge is -2.23. The summed E-state index contributed by atoms with van der Waals surface area (Å²) in [5.74, 6) is -0.476. The average Bonchev–Trinajstić information content (AvgIpc) is 2.23. The summed E-state index contributed by atoms with van der Waals surface area (Å²) in [5.41, 5.74) is 1.76. The van der Waals surface area contributed by atoms with Gasteiger partial charge in [0, 0.05) is 0 Å². The van der Waals surface area contributed by atoms with Crippen molar-refractivity contribution in [2.75, 3.05) is 0 Å². The topological polar surface area (TPSA) is 0 Å². The Balaban J connectivity index is 2.21. The Bertz CT molecular complexity index is 372. The molecule has 0 unspecified atom stereocenters. The maximum absolute atomic E-state index is 13.5. The third kappa shape index (κ3) is 2.25. The van der Waals surface area contributed by atoms with Crippen LogP contribution >= 0.6 is 0 Å². The molecule has 0 N–H and O–H groups in total. The van der Waals surface area contributed by atoms with Crippen LogP contribution in [0.3, 0.4) is 0 Å². The molecule has 1 aromatic carbocycles. The summed E-state index contributed by atoms with van der Waals surface area (Å²) in [6.45, 7) is 3.91. The number of hydrogen-bond acceptors (Lipinski definition) is 0. The summed E-state index contributed by atoms with van der Waals surface area (Å²) in [5, 5.41) is 0. The minimum Gasteiger partial charge on any atom is -0.207 e. The predicted octanol–water partition coefficient (Wildman–Crippen LogP) is 4.18. The largest absolute Gasteiger partial charge is 0.207 e. The minimum absolute atomic E-state index is 0.159. The summed E-state index contributed by atoms with van der Waals surface area (Å²) in [7, 11) is 0. The van der Waals surface area contributed by atoms with Gasteiger partial charge in [-0.15, -0.1) is 0 Å². The molecule has 0 aromatic heterocycles. The van der Waals surface area contributed by atoms with Gasteiger partial charge in [-0.05, 0) is 55.4 Å². The SMILES string of the molecule is C=C1CCC(c2cc(F)ccc2F)CC1. The van der Waals surface area contributed by atoms with Crippen LogP contribution in [-0.4, -0.2) is 0 Å². The second-order valence-corrected chi connectivity index (χ2v) is 4.19. The van der Waals surface area contributed by atoms with Gasteiger partial charge in [-0.2, -0.15) is 0 Å². The third-order valence-electron chi connectivity index (χ3n) is 3.09. The zero-order chi connectivity index (χ0) is 10.8. The smallest absolute Gasteiger partial charge is 0.126 e. The molecule has 1 fully saturated rings. The fourth-order valence-electron chi connectivity index (χ4n) is 2.16. The van der Waals surface area contributed by atoms with E-state index in [2.05, 4.69) is 6.58 Å². The molecular formula is C13H14F2. The molecule has 0 bridgehead atoms. The highest BCUT2D eigenvalue weighted by molar-refractivity contribution is 5.24. The van der Waals surface area contributed by atoms with Gasteiger partial charge < -0.3 is 0 Å². The summed E-state index contributed by atoms with van der Waals surface area (Å²) >= 11 is 0. The van der Waals surface area contributed by atoms with E-state index in [0.717, 1.165) is 25.7 Å². The van der Waals surface area contributed by atoms with Crippen molar-refractivity contribution in [3.63, 3.8) is 0 Å². The van der Waals surface area contributed by atoms with Crippen LogP contribution in [0.4, 0.5) is 8.78 Å². The highest BCUT2D eigenvalue weighted by Gasteiger charge is 2.20. The van der Waals surface area contributed by atoms with E-state index in [0.29, 0.717) is 5.56 Å². The number of hydrogen-bond donors (Lipinski definition) is 0. The third-order valence-corrected chi connectivity index (χ3v) is 3.09. The molecule has 0 radical (unpaired) electrons. The van der Waals surface area contributed by atoms with E-state index in [4.69, 9.17) is 0 Å². The monoisotopic (exact) mass is 208 g/mol. The van der Waals surface area contributed by atoms with Crippen molar-refractivity contribution < 1.29 is 8.78 Å². The van der Waals surface area contributed by atoms with E-state index in [-0.39, 0.29) is 17.6 Å². The van der Waals surface area contributed by atoms with Crippen molar-refractivity contribution in [1.29, 1.82) is 0 Å². The van der Waals surface area contributed by atoms with E-state index in [1.165, 1.54) is 23.8 Å². The number of halogens is 2. The number of rotatable bonds is 1. The molecule has 0 aliphatic heterocycles. The zero-order valence-electron chi connectivity index (χ0n) is 8.60. The van der Waals surface area contributed by atoms with Gasteiger partial charge >= 0.3 is 0 Å². The maximum Gasteiger partial charge on any atom is 0.126 e. The summed E-state index contributed by atoms with van der Waals surface area (Å²) in [6, 6.07) is 3.71. The zero-order valence-corrected chi connectivity index (χ0v) is 8.60. The Morgan fingerprint density at radius 3 is 2.47 bits per heavy atom. The molecule has 2 rings (SSSR count). The molecule has 1 aliphatic rings. The molecule has 0 heterocycles. The normalized spacial score (nSPS) is 18.1. The van der Waals surface area contributed by atoms with Crippen LogP contribution in [0.25, 0.3) is 0 Å². The van der Waals surface area contributed by atoms with Crippen LogP contribution in [-0.2, 0) is 0 Å². The van der Waals surface area contributed by atoms with Crippen molar-refractivity contribution in [3.05, 3.63) is 47.5 Å². The van der Waals surface area contributed by atoms with Crippen molar-refractivity contribution >= 4 is 0 Å². The Kier molecular flexibility index (Phi) is 2.85. The van der Waals surface area contributed by atoms with Gasteiger partial charge in [0.25, 0.3) is 0 Å². The molecular weight excluding hydrogens is 194 g/mol. The van der Waals surface area contributed by atoms with Crippen LogP contribution in [0.1, 0.15) is 37.2 Å². The van der Waals surface area contributed by atoms with Crippen molar-refractivity contribution in [2.24, 2.45) is 0 Å². The quantitative estimate of drug-likeness (QED) is 0.607. The van der Waals surface area contributed by atoms with Crippen molar-refractivity contribution in [3.8, 4) is 0 Å². The van der Waals surface area contributed by atoms with E-state index in [1.54, 1.807) is 0 Å². The first kappa shape index (κ1) is 10.3. The Morgan fingerprint density at radius 1 is 1.13 bits per heavy atom. The summed E-state index contributed by atoms with van der Waals surface area (Å²) in [6.07, 6.45) is 3.64. The molecule has 0 nitrogen and oxygen atoms in total. The molecule has 0 amide bonds. The lowest BCUT2D eigenvalue weighted by Crippen LogP contribution is -2.08. The fraction of sp³-hybridized carbons (Fsp3) is 0.385. The maximum atomic E-state index is 13.5. The first-order valence-corrected chi connectivity index (χ1v) is 5.28. The van der Waals surface area contributed by atoms with Crippen molar-refractivity contribution in [1.82, 2.24) is 0 Å². The molecule has 1 aliphatic carbocycles. The van der Waals surface area contributed by atoms with Crippen LogP contribution in [0, 0.1) is 11.6 Å². The Morgan fingerprint density at radius 2 is 1.80 bits per heavy atom. The fourth-order valence-corrected chi connectivity index (χ4v) is 2.16. The number of allylic oxidation sites excluding steroid dienone is 1. The van der Waals surface area contributed by atoms with Gasteiger partial charge in [-0.3, -0.25) is 0 Å². The highest BCUT2D eigenvalue weighted by Crippen LogP contribution is 2.35. The van der Waals surface area contributed by atoms with Crippen LogP contribution in [0.2, 0.25) is 0 Å². The van der Waals surface area contributed by atoms with Crippen LogP contribution < -0.4 is 0 Å². The van der Waals surface area contributed by atoms with E-state index in [1.807, 2.05) is 0 Å². The second-order valence-electron chi connectivity index (χ2n) is 4.19. The molecule has 2 heteroatoms. The molecule has 80 valence electrons. The highest BCUT2D eigenvalue weighted by atomic mass is 19.1. The van der Waals surface area contributed by atoms with E-state index >= 15 is 0 Å². The molecule has 15 heavy (non-hydrogen) atoms. The number of benzene rings is 1. The summed E-state index contributed by atoms with van der Waals surface area (Å²) < 4.78 is 26.5. The van der Waals surface area contributed by atoms with Crippen LogP contribution in [0.5, 0.6) is 0 Å². The Labute approximate surface area is 88.6 Å². The van der Waals surface area contributed by atoms with E-state index in [9.17, 15) is 8.78 Å². The van der Waals surface area contributed by atoms with Gasteiger partial charge in [0.15, 0.2) is 0 Å². The standard InChI is InChI=1S/C13H14F2/c1-9-2-4-10(5-3-9)12-8-11(14)6-7-13(12)15/h6-8,10H,1-5H2. The van der Waals surface area contributed by atoms with Gasteiger partial charge in [-0.25, -0.2) is 8.78 Å².